The molecule has 15 heavy (non-hydrogen) atoms. The van der Waals surface area contributed by atoms with Crippen molar-refractivity contribution in [3.63, 3.8) is 0 Å². The Morgan fingerprint density at radius 1 is 1.00 bits per heavy atom. The van der Waals surface area contributed by atoms with Crippen LogP contribution in [-0.2, 0) is 19.2 Å². The lowest BCUT2D eigenvalue weighted by atomic mass is 10.5. The maximum atomic E-state index is 9.62. The van der Waals surface area contributed by atoms with Crippen LogP contribution < -0.4 is 0 Å². The van der Waals surface area contributed by atoms with Gasteiger partial charge in [0.25, 0.3) is 0 Å². The molecule has 0 aromatic rings. The van der Waals surface area contributed by atoms with Gasteiger partial charge >= 0.3 is 12.3 Å². The monoisotopic (exact) mass is 224 g/mol. The zero-order chi connectivity index (χ0) is 11.5. The molecule has 0 aromatic heterocycles. The van der Waals surface area contributed by atoms with Crippen molar-refractivity contribution in [2.75, 3.05) is 26.4 Å². The van der Waals surface area contributed by atoms with E-state index in [4.69, 9.17) is 10.2 Å². The maximum Gasteiger partial charge on any atom is 0.505 e. The van der Waals surface area contributed by atoms with Crippen LogP contribution in [0.4, 0.5) is 9.59 Å². The average Bonchev–Trinajstić information content (AvgIpc) is 2.69. The molecule has 0 saturated carbocycles. The summed E-state index contributed by atoms with van der Waals surface area (Å²) < 4.78 is 7.84. The largest absolute Gasteiger partial charge is 0.505 e. The summed E-state index contributed by atoms with van der Waals surface area (Å²) >= 11 is 0. The lowest BCUT2D eigenvalue weighted by Gasteiger charge is -1.98. The second-order valence-electron chi connectivity index (χ2n) is 2.23. The van der Waals surface area contributed by atoms with Crippen molar-refractivity contribution < 1.29 is 39.1 Å². The zero-order valence-electron chi connectivity index (χ0n) is 7.88. The topological polar surface area (TPSA) is 112 Å². The van der Waals surface area contributed by atoms with Crippen LogP contribution in [0.2, 0.25) is 0 Å². The van der Waals surface area contributed by atoms with Crippen molar-refractivity contribution >= 4 is 12.3 Å². The van der Waals surface area contributed by atoms with Gasteiger partial charge in [0.05, 0.1) is 13.2 Å². The second-order valence-corrected chi connectivity index (χ2v) is 2.23. The van der Waals surface area contributed by atoms with Gasteiger partial charge in [0.15, 0.2) is 0 Å². The van der Waals surface area contributed by atoms with Crippen LogP contribution in [0.1, 0.15) is 6.42 Å². The third-order valence-corrected chi connectivity index (χ3v) is 1.07. The summed E-state index contributed by atoms with van der Waals surface area (Å²) in [4.78, 5) is 28.1. The third kappa shape index (κ3) is 12.5. The van der Waals surface area contributed by atoms with Crippen molar-refractivity contribution in [2.45, 2.75) is 6.42 Å². The summed E-state index contributed by atoms with van der Waals surface area (Å²) in [6, 6.07) is 0. The predicted octanol–water partition coefficient (Wildman–Crippen LogP) is 0.714. The molecule has 2 N–H and O–H groups in total. The van der Waals surface area contributed by atoms with Gasteiger partial charge in [0.1, 0.15) is 13.2 Å². The number of carboxylic acid groups (broad SMARTS) is 2. The molecular formula is C7H12O8. The Balaban J connectivity index is 0.000000322. The van der Waals surface area contributed by atoms with Gasteiger partial charge in [-0.05, 0) is 0 Å². The first-order valence-electron chi connectivity index (χ1n) is 4.09. The smallest absolute Gasteiger partial charge is 0.450 e. The van der Waals surface area contributed by atoms with Crippen LogP contribution in [0, 0.1) is 0 Å². The molecule has 88 valence electrons. The molecule has 0 aliphatic carbocycles. The summed E-state index contributed by atoms with van der Waals surface area (Å²) in [6.45, 7) is 1.00. The van der Waals surface area contributed by atoms with Crippen molar-refractivity contribution in [1.29, 1.82) is 0 Å². The van der Waals surface area contributed by atoms with E-state index in [1.54, 1.807) is 0 Å². The van der Waals surface area contributed by atoms with Crippen LogP contribution in [0.15, 0.2) is 0 Å². The van der Waals surface area contributed by atoms with E-state index in [1.165, 1.54) is 0 Å². The van der Waals surface area contributed by atoms with E-state index in [2.05, 4.69) is 19.2 Å². The van der Waals surface area contributed by atoms with E-state index in [-0.39, 0.29) is 13.2 Å². The van der Waals surface area contributed by atoms with Crippen molar-refractivity contribution in [2.24, 2.45) is 0 Å². The van der Waals surface area contributed by atoms with Gasteiger partial charge in [-0.3, -0.25) is 0 Å². The van der Waals surface area contributed by atoms with E-state index in [9.17, 15) is 9.59 Å². The minimum atomic E-state index is -1.45. The molecule has 1 aliphatic rings. The summed E-state index contributed by atoms with van der Waals surface area (Å²) in [5.41, 5.74) is 0. The fourth-order valence-electron chi connectivity index (χ4n) is 0.553. The highest BCUT2D eigenvalue weighted by Gasteiger charge is 1.98. The molecule has 1 heterocycles. The molecule has 8 nitrogen and oxygen atoms in total. The maximum absolute atomic E-state index is 9.62. The van der Waals surface area contributed by atoms with E-state index in [1.807, 2.05) is 0 Å². The quantitative estimate of drug-likeness (QED) is 0.409. The minimum Gasteiger partial charge on any atom is -0.450 e. The summed E-state index contributed by atoms with van der Waals surface area (Å²) in [7, 11) is 0. The fourth-order valence-corrected chi connectivity index (χ4v) is 0.553. The lowest BCUT2D eigenvalue weighted by Crippen LogP contribution is -2.10. The molecule has 0 radical (unpaired) electrons. The van der Waals surface area contributed by atoms with Gasteiger partial charge < -0.3 is 19.7 Å². The summed E-state index contributed by atoms with van der Waals surface area (Å²) in [5, 5.41) is 15.7. The summed E-state index contributed by atoms with van der Waals surface area (Å²) in [6.07, 6.45) is -1.84. The first-order chi connectivity index (χ1) is 7.13. The van der Waals surface area contributed by atoms with E-state index < -0.39 is 12.3 Å². The van der Waals surface area contributed by atoms with Crippen LogP contribution in [0.5, 0.6) is 0 Å². The van der Waals surface area contributed by atoms with Crippen LogP contribution in [0.3, 0.4) is 0 Å². The van der Waals surface area contributed by atoms with Crippen molar-refractivity contribution in [3.05, 3.63) is 0 Å². The normalized spacial score (nSPS) is 13.6. The predicted molar refractivity (Wildman–Crippen MR) is 44.5 cm³/mol. The number of ether oxygens (including phenoxy) is 2. The fraction of sp³-hybridized carbons (Fsp3) is 0.714. The van der Waals surface area contributed by atoms with E-state index in [0.717, 1.165) is 19.6 Å². The molecule has 0 amide bonds. The minimum absolute atomic E-state index is 0.276. The molecule has 0 spiro atoms. The molecular weight excluding hydrogens is 212 g/mol. The molecule has 1 saturated heterocycles. The van der Waals surface area contributed by atoms with Crippen molar-refractivity contribution in [3.8, 4) is 0 Å². The molecule has 1 aliphatic heterocycles. The number of hydrogen-bond acceptors (Lipinski definition) is 6. The first kappa shape index (κ1) is 13.5. The molecule has 0 unspecified atom stereocenters. The van der Waals surface area contributed by atoms with Gasteiger partial charge in [-0.15, -0.1) is 0 Å². The number of hydrogen-bond donors (Lipinski definition) is 2. The molecule has 8 heteroatoms. The Kier molecular flexibility index (Phi) is 8.10. The zero-order valence-corrected chi connectivity index (χ0v) is 7.88. The van der Waals surface area contributed by atoms with Gasteiger partial charge in [-0.25, -0.2) is 19.4 Å². The lowest BCUT2D eigenvalue weighted by molar-refractivity contribution is -0.248. The standard InChI is InChI=1S/C4H6O6.C3H6O2/c5-3(6)9-1-2-10-4(7)8;1-2-4-5-3-1/h1-2H2,(H,5,6)(H,7,8);1-3H2. The molecule has 1 fully saturated rings. The van der Waals surface area contributed by atoms with Gasteiger partial charge in [-0.2, -0.15) is 0 Å². The first-order valence-corrected chi connectivity index (χ1v) is 4.09. The van der Waals surface area contributed by atoms with Crippen LogP contribution >= 0.6 is 0 Å². The number of rotatable bonds is 3. The van der Waals surface area contributed by atoms with Gasteiger partial charge in [-0.1, -0.05) is 0 Å². The third-order valence-electron chi connectivity index (χ3n) is 1.07. The van der Waals surface area contributed by atoms with Gasteiger partial charge in [0.2, 0.25) is 0 Å². The Hall–Kier alpha value is -1.54. The second kappa shape index (κ2) is 9.03. The highest BCUT2D eigenvalue weighted by atomic mass is 17.2. The highest BCUT2D eigenvalue weighted by Crippen LogP contribution is 1.93. The number of carbonyl (C=O) groups is 2. The van der Waals surface area contributed by atoms with Crippen LogP contribution in [-0.4, -0.2) is 49.0 Å². The van der Waals surface area contributed by atoms with Crippen LogP contribution in [0.25, 0.3) is 0 Å². The average molecular weight is 224 g/mol. The van der Waals surface area contributed by atoms with Gasteiger partial charge in [0, 0.05) is 6.42 Å². The molecule has 0 aromatic carbocycles. The Morgan fingerprint density at radius 2 is 1.40 bits per heavy atom. The SMILES string of the molecule is C1COOC1.O=C(O)OCCOC(=O)O. The van der Waals surface area contributed by atoms with Crippen molar-refractivity contribution in [1.82, 2.24) is 0 Å². The van der Waals surface area contributed by atoms with E-state index >= 15 is 0 Å². The molecule has 0 atom stereocenters. The summed E-state index contributed by atoms with van der Waals surface area (Å²) in [5.74, 6) is 0. The van der Waals surface area contributed by atoms with E-state index in [0.29, 0.717) is 0 Å². The Morgan fingerprint density at radius 3 is 1.60 bits per heavy atom. The molecule has 1 rings (SSSR count). The Labute approximate surface area is 85.2 Å². The molecule has 0 bridgehead atoms. The highest BCUT2D eigenvalue weighted by molar-refractivity contribution is 5.57. The Bertz CT molecular complexity index is 164.